The normalized spacial score (nSPS) is 16.9. The van der Waals surface area contributed by atoms with Crippen LogP contribution >= 0.6 is 21.6 Å². The lowest BCUT2D eigenvalue weighted by molar-refractivity contribution is -0.175. The summed E-state index contributed by atoms with van der Waals surface area (Å²) in [5.74, 6) is -0.688. The van der Waals surface area contributed by atoms with Gasteiger partial charge < -0.3 is 28.6 Å². The van der Waals surface area contributed by atoms with Crippen LogP contribution in [0.15, 0.2) is 29.1 Å². The largest absolute Gasteiger partial charge is 0.509 e. The van der Waals surface area contributed by atoms with Crippen LogP contribution in [0.4, 0.5) is 4.79 Å². The number of pyridine rings is 2. The molecular weight excluding hydrogens is 633 g/mol. The fourth-order valence-corrected chi connectivity index (χ4v) is 7.89. The Morgan fingerprint density at radius 2 is 1.91 bits per heavy atom. The average molecular weight is 671 g/mol. The lowest BCUT2D eigenvalue weighted by atomic mass is 9.85. The number of benzene rings is 1. The minimum absolute atomic E-state index is 0.00657. The molecule has 0 fully saturated rings. The van der Waals surface area contributed by atoms with Gasteiger partial charge in [0.2, 0.25) is 5.60 Å². The zero-order valence-electron chi connectivity index (χ0n) is 26.8. The molecule has 1 aromatic carbocycles. The number of carbonyl (C=O) groups is 3. The van der Waals surface area contributed by atoms with E-state index in [4.69, 9.17) is 23.9 Å². The molecule has 246 valence electrons. The first-order valence-electron chi connectivity index (χ1n) is 15.2. The SMILES string of the molecule is CCc1c2c(nc3ccc(O)cc13)-c1cc3c(c(=O)n1C2)COC(=O)[C@@]3(CC)OC(=O)OCCSSC(C)(C)COC(=O)C(C)C. The minimum atomic E-state index is -1.87. The van der Waals surface area contributed by atoms with Gasteiger partial charge in [-0.2, -0.15) is 0 Å². The third kappa shape index (κ3) is 6.31. The molecule has 0 spiro atoms. The van der Waals surface area contributed by atoms with Crippen LogP contribution in [0.5, 0.6) is 5.75 Å². The van der Waals surface area contributed by atoms with Gasteiger partial charge in [0.25, 0.3) is 5.56 Å². The van der Waals surface area contributed by atoms with E-state index < -0.39 is 17.7 Å². The molecule has 0 radical (unpaired) electrons. The van der Waals surface area contributed by atoms with E-state index in [0.29, 0.717) is 29.1 Å². The van der Waals surface area contributed by atoms with Crippen molar-refractivity contribution in [3.05, 3.63) is 56.9 Å². The predicted molar refractivity (Wildman–Crippen MR) is 176 cm³/mol. The molecule has 13 heteroatoms. The summed E-state index contributed by atoms with van der Waals surface area (Å²) < 4.78 is 23.1. The second-order valence-electron chi connectivity index (χ2n) is 12.2. The van der Waals surface area contributed by atoms with Crippen molar-refractivity contribution in [2.45, 2.75) is 77.9 Å². The number of fused-ring (bicyclic) bond motifs is 5. The van der Waals surface area contributed by atoms with Gasteiger partial charge in [0, 0.05) is 22.3 Å². The number of phenols is 1. The maximum absolute atomic E-state index is 13.9. The monoisotopic (exact) mass is 670 g/mol. The van der Waals surface area contributed by atoms with E-state index in [1.807, 2.05) is 20.8 Å². The Balaban J connectivity index is 1.35. The van der Waals surface area contributed by atoms with E-state index in [2.05, 4.69) is 0 Å². The summed E-state index contributed by atoms with van der Waals surface area (Å²) in [4.78, 5) is 56.8. The summed E-state index contributed by atoms with van der Waals surface area (Å²) in [6.07, 6.45) is -0.384. The molecule has 1 N–H and O–H groups in total. The van der Waals surface area contributed by atoms with E-state index in [1.54, 1.807) is 49.6 Å². The highest BCUT2D eigenvalue weighted by atomic mass is 33.1. The number of rotatable bonds is 11. The number of ether oxygens (including phenoxy) is 4. The molecule has 4 heterocycles. The summed E-state index contributed by atoms with van der Waals surface area (Å²) in [6.45, 7) is 11.4. The summed E-state index contributed by atoms with van der Waals surface area (Å²) in [6, 6.07) is 6.68. The zero-order chi connectivity index (χ0) is 33.4. The first kappa shape index (κ1) is 33.6. The number of esters is 2. The Morgan fingerprint density at radius 1 is 1.15 bits per heavy atom. The second kappa shape index (κ2) is 13.2. The van der Waals surface area contributed by atoms with Crippen LogP contribution in [0.25, 0.3) is 22.3 Å². The Labute approximate surface area is 274 Å². The highest BCUT2D eigenvalue weighted by molar-refractivity contribution is 8.77. The van der Waals surface area contributed by atoms with Gasteiger partial charge in [-0.25, -0.2) is 14.6 Å². The van der Waals surface area contributed by atoms with Crippen molar-refractivity contribution in [3.63, 3.8) is 0 Å². The Hall–Kier alpha value is -3.71. The highest BCUT2D eigenvalue weighted by Gasteiger charge is 2.51. The number of hydrogen-bond acceptors (Lipinski definition) is 12. The molecule has 2 aliphatic heterocycles. The molecule has 0 amide bonds. The molecule has 46 heavy (non-hydrogen) atoms. The maximum Gasteiger partial charge on any atom is 0.509 e. The van der Waals surface area contributed by atoms with Gasteiger partial charge in [0.1, 0.15) is 25.6 Å². The lowest BCUT2D eigenvalue weighted by Gasteiger charge is -2.35. The second-order valence-corrected chi connectivity index (χ2v) is 15.3. The van der Waals surface area contributed by atoms with E-state index in [0.717, 1.165) is 16.5 Å². The van der Waals surface area contributed by atoms with Gasteiger partial charge in [-0.15, -0.1) is 0 Å². The topological polar surface area (TPSA) is 143 Å². The number of carbonyl (C=O) groups excluding carboxylic acids is 3. The fourth-order valence-electron chi connectivity index (χ4n) is 5.68. The van der Waals surface area contributed by atoms with Crippen LogP contribution in [0.3, 0.4) is 0 Å². The van der Waals surface area contributed by atoms with Crippen molar-refractivity contribution in [2.24, 2.45) is 5.92 Å². The quantitative estimate of drug-likeness (QED) is 0.0883. The van der Waals surface area contributed by atoms with Crippen molar-refractivity contribution >= 4 is 50.6 Å². The Morgan fingerprint density at radius 3 is 2.61 bits per heavy atom. The van der Waals surface area contributed by atoms with Crippen molar-refractivity contribution in [2.75, 3.05) is 19.0 Å². The van der Waals surface area contributed by atoms with Gasteiger partial charge in [-0.1, -0.05) is 49.3 Å². The van der Waals surface area contributed by atoms with Crippen molar-refractivity contribution in [3.8, 4) is 17.1 Å². The smallest absolute Gasteiger partial charge is 0.508 e. The van der Waals surface area contributed by atoms with Crippen LogP contribution < -0.4 is 5.56 Å². The molecule has 5 rings (SSSR count). The number of aromatic nitrogens is 2. The van der Waals surface area contributed by atoms with E-state index in [1.165, 1.54) is 21.6 Å². The number of cyclic esters (lactones) is 1. The van der Waals surface area contributed by atoms with Crippen LogP contribution in [0, 0.1) is 5.92 Å². The molecule has 2 aromatic heterocycles. The van der Waals surface area contributed by atoms with Gasteiger partial charge in [-0.3, -0.25) is 9.59 Å². The minimum Gasteiger partial charge on any atom is -0.508 e. The van der Waals surface area contributed by atoms with Crippen molar-refractivity contribution in [1.29, 1.82) is 0 Å². The number of phenolic OH excluding ortho intramolecular Hbond substituents is 1. The molecule has 0 unspecified atom stereocenters. The molecule has 2 aliphatic rings. The van der Waals surface area contributed by atoms with Gasteiger partial charge in [-0.05, 0) is 56.5 Å². The molecular formula is C33H38N2O9S2. The molecule has 0 saturated carbocycles. The molecule has 3 aromatic rings. The van der Waals surface area contributed by atoms with Crippen LogP contribution in [-0.4, -0.2) is 56.5 Å². The lowest BCUT2D eigenvalue weighted by Crippen LogP contribution is -2.47. The Kier molecular flexibility index (Phi) is 9.65. The first-order valence-corrected chi connectivity index (χ1v) is 17.6. The first-order chi connectivity index (χ1) is 21.8. The standard InChI is InChI=1S/C33H38N2O9S2/c1-7-20-21-13-19(36)9-10-25(21)34-27-22(20)15-35-26(27)14-24-23(28(35)37)16-42-30(39)33(24,8-2)44-31(40)41-11-12-45-46-32(5,6)17-43-29(38)18(3)4/h9-10,13-14,18,36H,7-8,11-12,15-17H2,1-6H3/t33-/m0/s1. The fraction of sp³-hybridized carbons (Fsp3) is 0.485. The third-order valence-corrected chi connectivity index (χ3v) is 11.3. The van der Waals surface area contributed by atoms with Gasteiger partial charge >= 0.3 is 18.1 Å². The van der Waals surface area contributed by atoms with Crippen LogP contribution in [0.2, 0.25) is 0 Å². The molecule has 0 aliphatic carbocycles. The molecule has 0 saturated heterocycles. The van der Waals surface area contributed by atoms with Gasteiger partial charge in [0.15, 0.2) is 0 Å². The van der Waals surface area contributed by atoms with E-state index in [9.17, 15) is 24.3 Å². The number of aryl methyl sites for hydroxylation is 1. The number of hydrogen-bond donors (Lipinski definition) is 1. The summed E-state index contributed by atoms with van der Waals surface area (Å²) >= 11 is 0. The summed E-state index contributed by atoms with van der Waals surface area (Å²) in [7, 11) is 2.96. The van der Waals surface area contributed by atoms with Crippen molar-refractivity contribution in [1.82, 2.24) is 9.55 Å². The summed E-state index contributed by atoms with van der Waals surface area (Å²) in [5, 5.41) is 10.9. The van der Waals surface area contributed by atoms with Crippen LogP contribution in [0.1, 0.15) is 70.2 Å². The van der Waals surface area contributed by atoms with Gasteiger partial charge in [0.05, 0.1) is 39.7 Å². The van der Waals surface area contributed by atoms with Crippen LogP contribution in [-0.2, 0) is 53.7 Å². The predicted octanol–water partition coefficient (Wildman–Crippen LogP) is 5.87. The maximum atomic E-state index is 13.9. The molecule has 11 nitrogen and oxygen atoms in total. The molecule has 0 bridgehead atoms. The summed E-state index contributed by atoms with van der Waals surface area (Å²) in [5.41, 5.74) is 1.91. The number of aromatic hydroxyl groups is 1. The molecule has 1 atom stereocenters. The zero-order valence-corrected chi connectivity index (χ0v) is 28.4. The Bertz CT molecular complexity index is 1770. The average Bonchev–Trinajstić information content (AvgIpc) is 3.38. The van der Waals surface area contributed by atoms with Crippen molar-refractivity contribution < 1.29 is 38.4 Å². The third-order valence-electron chi connectivity index (χ3n) is 8.07. The van der Waals surface area contributed by atoms with E-state index >= 15 is 0 Å². The van der Waals surface area contributed by atoms with E-state index in [-0.39, 0.29) is 71.9 Å². The number of nitrogens with zero attached hydrogens (tertiary/aromatic N) is 2. The highest BCUT2D eigenvalue weighted by Crippen LogP contribution is 2.42.